The van der Waals surface area contributed by atoms with Gasteiger partial charge in [-0.25, -0.2) is 4.39 Å². The number of rotatable bonds is 4. The molecule has 2 rings (SSSR count). The van der Waals surface area contributed by atoms with Crippen molar-refractivity contribution >= 4 is 11.6 Å². The predicted octanol–water partition coefficient (Wildman–Crippen LogP) is 4.15. The summed E-state index contributed by atoms with van der Waals surface area (Å²) in [5.74, 6) is 0.567. The molecule has 1 N–H and O–H groups in total. The van der Waals surface area contributed by atoms with Crippen LogP contribution in [0.3, 0.4) is 0 Å². The maximum absolute atomic E-state index is 13.5. The molecule has 1 fully saturated rings. The van der Waals surface area contributed by atoms with E-state index in [9.17, 15) is 4.39 Å². The second kappa shape index (κ2) is 5.83. The van der Waals surface area contributed by atoms with Gasteiger partial charge in [-0.3, -0.25) is 0 Å². The molecule has 1 aliphatic rings. The minimum Gasteiger partial charge on any atom is -0.310 e. The fourth-order valence-electron chi connectivity index (χ4n) is 2.57. The van der Waals surface area contributed by atoms with Crippen molar-refractivity contribution in [1.82, 2.24) is 5.32 Å². The molecule has 0 radical (unpaired) electrons. The summed E-state index contributed by atoms with van der Waals surface area (Å²) in [5, 5.41) is 4.00. The van der Waals surface area contributed by atoms with Gasteiger partial charge in [0.1, 0.15) is 5.82 Å². The normalized spacial score (nSPS) is 18.5. The smallest absolute Gasteiger partial charge is 0.127 e. The molecule has 0 unspecified atom stereocenters. The van der Waals surface area contributed by atoms with Gasteiger partial charge in [-0.2, -0.15) is 0 Å². The van der Waals surface area contributed by atoms with Crippen molar-refractivity contribution in [3.05, 3.63) is 34.6 Å². The zero-order valence-electron chi connectivity index (χ0n) is 10.2. The Morgan fingerprint density at radius 2 is 2.12 bits per heavy atom. The highest BCUT2D eigenvalue weighted by atomic mass is 35.5. The first-order valence-corrected chi connectivity index (χ1v) is 6.72. The topological polar surface area (TPSA) is 12.0 Å². The first-order chi connectivity index (χ1) is 8.16. The Hall–Kier alpha value is -0.600. The number of hydrogen-bond acceptors (Lipinski definition) is 1. The van der Waals surface area contributed by atoms with E-state index in [1.54, 1.807) is 12.1 Å². The molecule has 1 atom stereocenters. The Kier molecular flexibility index (Phi) is 4.41. The minimum atomic E-state index is -0.180. The van der Waals surface area contributed by atoms with Crippen LogP contribution in [0.25, 0.3) is 0 Å². The minimum absolute atomic E-state index is 0.180. The summed E-state index contributed by atoms with van der Waals surface area (Å²) >= 11 is 5.86. The number of benzene rings is 1. The van der Waals surface area contributed by atoms with E-state index in [2.05, 4.69) is 12.2 Å². The summed E-state index contributed by atoms with van der Waals surface area (Å²) < 4.78 is 13.5. The molecule has 1 aliphatic carbocycles. The molecule has 0 aliphatic heterocycles. The van der Waals surface area contributed by atoms with Crippen LogP contribution in [-0.2, 0) is 6.54 Å². The van der Waals surface area contributed by atoms with Gasteiger partial charge in [-0.05, 0) is 43.9 Å². The summed E-state index contributed by atoms with van der Waals surface area (Å²) in [6, 6.07) is 5.17. The van der Waals surface area contributed by atoms with Crippen molar-refractivity contribution in [2.75, 3.05) is 0 Å². The quantitative estimate of drug-likeness (QED) is 0.852. The summed E-state index contributed by atoms with van der Waals surface area (Å²) in [5.41, 5.74) is 0.655. The van der Waals surface area contributed by atoms with Gasteiger partial charge >= 0.3 is 0 Å². The zero-order valence-corrected chi connectivity index (χ0v) is 10.9. The SMILES string of the molecule is C[C@H](NCc1cc(Cl)ccc1F)C1CCCC1. The Labute approximate surface area is 107 Å². The van der Waals surface area contributed by atoms with Crippen LogP contribution in [0.5, 0.6) is 0 Å². The molecule has 17 heavy (non-hydrogen) atoms. The molecule has 3 heteroatoms. The monoisotopic (exact) mass is 255 g/mol. The Bertz CT molecular complexity index is 374. The molecule has 0 aromatic heterocycles. The lowest BCUT2D eigenvalue weighted by molar-refractivity contribution is 0.378. The third kappa shape index (κ3) is 3.43. The number of nitrogens with one attached hydrogen (secondary N) is 1. The second-order valence-electron chi connectivity index (χ2n) is 4.95. The maximum atomic E-state index is 13.5. The lowest BCUT2D eigenvalue weighted by atomic mass is 9.99. The molecule has 1 aromatic rings. The molecular weight excluding hydrogens is 237 g/mol. The molecule has 1 nitrogen and oxygen atoms in total. The van der Waals surface area contributed by atoms with Gasteiger partial charge in [0.25, 0.3) is 0 Å². The van der Waals surface area contributed by atoms with Crippen LogP contribution in [-0.4, -0.2) is 6.04 Å². The van der Waals surface area contributed by atoms with E-state index in [1.165, 1.54) is 31.7 Å². The third-order valence-corrected chi connectivity index (χ3v) is 3.96. The van der Waals surface area contributed by atoms with Crippen molar-refractivity contribution < 1.29 is 4.39 Å². The Balaban J connectivity index is 1.90. The van der Waals surface area contributed by atoms with Gasteiger partial charge in [0.2, 0.25) is 0 Å². The summed E-state index contributed by atoms with van der Waals surface area (Å²) in [7, 11) is 0. The van der Waals surface area contributed by atoms with Gasteiger partial charge in [0.15, 0.2) is 0 Å². The Morgan fingerprint density at radius 3 is 2.82 bits per heavy atom. The average Bonchev–Trinajstić information content (AvgIpc) is 2.83. The van der Waals surface area contributed by atoms with Crippen LogP contribution < -0.4 is 5.32 Å². The molecule has 0 heterocycles. The van der Waals surface area contributed by atoms with Crippen molar-refractivity contribution in [3.63, 3.8) is 0 Å². The standard InChI is InChI=1S/C14H19ClFN/c1-10(11-4-2-3-5-11)17-9-12-8-13(15)6-7-14(12)16/h6-8,10-11,17H,2-5,9H2,1H3/t10-/m0/s1. The second-order valence-corrected chi connectivity index (χ2v) is 5.39. The van der Waals surface area contributed by atoms with E-state index < -0.39 is 0 Å². The van der Waals surface area contributed by atoms with Crippen LogP contribution >= 0.6 is 11.6 Å². The summed E-state index contributed by atoms with van der Waals surface area (Å²) in [4.78, 5) is 0. The molecule has 94 valence electrons. The molecule has 0 saturated heterocycles. The van der Waals surface area contributed by atoms with Crippen molar-refractivity contribution in [3.8, 4) is 0 Å². The molecular formula is C14H19ClFN. The summed E-state index contributed by atoms with van der Waals surface area (Å²) in [6.45, 7) is 2.75. The molecule has 0 spiro atoms. The first kappa shape index (κ1) is 12.8. The van der Waals surface area contributed by atoms with E-state index in [0.29, 0.717) is 23.2 Å². The molecule has 0 bridgehead atoms. The highest BCUT2D eigenvalue weighted by molar-refractivity contribution is 6.30. The van der Waals surface area contributed by atoms with Gasteiger partial charge in [-0.15, -0.1) is 0 Å². The van der Waals surface area contributed by atoms with Crippen LogP contribution in [0, 0.1) is 11.7 Å². The third-order valence-electron chi connectivity index (χ3n) is 3.73. The van der Waals surface area contributed by atoms with Crippen molar-refractivity contribution in [2.24, 2.45) is 5.92 Å². The maximum Gasteiger partial charge on any atom is 0.127 e. The van der Waals surface area contributed by atoms with Crippen LogP contribution in [0.15, 0.2) is 18.2 Å². The largest absolute Gasteiger partial charge is 0.310 e. The molecule has 0 amide bonds. The highest BCUT2D eigenvalue weighted by Gasteiger charge is 2.21. The highest BCUT2D eigenvalue weighted by Crippen LogP contribution is 2.27. The van der Waals surface area contributed by atoms with E-state index >= 15 is 0 Å². The van der Waals surface area contributed by atoms with E-state index in [-0.39, 0.29) is 5.82 Å². The first-order valence-electron chi connectivity index (χ1n) is 6.34. The van der Waals surface area contributed by atoms with Gasteiger partial charge < -0.3 is 5.32 Å². The predicted molar refractivity (Wildman–Crippen MR) is 69.7 cm³/mol. The lowest BCUT2D eigenvalue weighted by Crippen LogP contribution is -2.32. The van der Waals surface area contributed by atoms with Crippen molar-refractivity contribution in [2.45, 2.75) is 45.2 Å². The fourth-order valence-corrected chi connectivity index (χ4v) is 2.77. The van der Waals surface area contributed by atoms with Crippen LogP contribution in [0.1, 0.15) is 38.2 Å². The average molecular weight is 256 g/mol. The number of hydrogen-bond donors (Lipinski definition) is 1. The molecule has 1 saturated carbocycles. The fraction of sp³-hybridized carbons (Fsp3) is 0.571. The zero-order chi connectivity index (χ0) is 12.3. The molecule has 1 aromatic carbocycles. The van der Waals surface area contributed by atoms with Crippen LogP contribution in [0.4, 0.5) is 4.39 Å². The Morgan fingerprint density at radius 1 is 1.41 bits per heavy atom. The van der Waals surface area contributed by atoms with Crippen LogP contribution in [0.2, 0.25) is 5.02 Å². The van der Waals surface area contributed by atoms with Crippen molar-refractivity contribution in [1.29, 1.82) is 0 Å². The van der Waals surface area contributed by atoms with E-state index in [1.807, 2.05) is 0 Å². The lowest BCUT2D eigenvalue weighted by Gasteiger charge is -2.20. The van der Waals surface area contributed by atoms with E-state index in [0.717, 1.165) is 5.92 Å². The number of halogens is 2. The summed E-state index contributed by atoms with van der Waals surface area (Å²) in [6.07, 6.45) is 5.27. The van der Waals surface area contributed by atoms with Gasteiger partial charge in [-0.1, -0.05) is 24.4 Å². The van der Waals surface area contributed by atoms with Gasteiger partial charge in [0.05, 0.1) is 0 Å². The van der Waals surface area contributed by atoms with Gasteiger partial charge in [0, 0.05) is 23.2 Å². The van der Waals surface area contributed by atoms with E-state index in [4.69, 9.17) is 11.6 Å².